The smallest absolute Gasteiger partial charge is 0.233 e. The van der Waals surface area contributed by atoms with Crippen LogP contribution in [-0.4, -0.2) is 50.2 Å². The molecule has 1 spiro atoms. The number of aromatic nitrogens is 2. The van der Waals surface area contributed by atoms with E-state index in [1.807, 2.05) is 24.1 Å². The second kappa shape index (κ2) is 9.48. The first-order chi connectivity index (χ1) is 18.1. The molecule has 0 bridgehead atoms. The Hall–Kier alpha value is -2.73. The Morgan fingerprint density at radius 1 is 1.13 bits per heavy atom. The number of carbonyl (C=O) groups is 1. The number of hydrogen-bond donors (Lipinski definition) is 1. The van der Waals surface area contributed by atoms with Crippen LogP contribution in [0.1, 0.15) is 37.2 Å². The van der Waals surface area contributed by atoms with Crippen molar-refractivity contribution in [1.82, 2.24) is 9.78 Å². The van der Waals surface area contributed by atoms with Crippen molar-refractivity contribution in [3.8, 4) is 0 Å². The molecule has 3 aromatic rings. The van der Waals surface area contributed by atoms with Gasteiger partial charge in [-0.15, -0.1) is 0 Å². The maximum Gasteiger partial charge on any atom is 0.233 e. The minimum atomic E-state index is -3.72. The lowest BCUT2D eigenvalue weighted by Crippen LogP contribution is -2.28. The van der Waals surface area contributed by atoms with Crippen LogP contribution in [0.5, 0.6) is 0 Å². The van der Waals surface area contributed by atoms with Crippen LogP contribution in [0, 0.1) is 5.92 Å². The number of nitrogens with zero attached hydrogens (tertiary/aromatic N) is 3. The second-order valence-corrected chi connectivity index (χ2v) is 13.1. The van der Waals surface area contributed by atoms with Gasteiger partial charge in [-0.05, 0) is 54.7 Å². The molecule has 1 saturated carbocycles. The number of hydrogen-bond acceptors (Lipinski definition) is 7. The Balaban J connectivity index is 1.36. The van der Waals surface area contributed by atoms with Gasteiger partial charge in [0.15, 0.2) is 11.6 Å². The summed E-state index contributed by atoms with van der Waals surface area (Å²) in [7, 11) is -0.0767. The van der Waals surface area contributed by atoms with Crippen LogP contribution in [-0.2, 0) is 31.2 Å². The fourth-order valence-corrected chi connectivity index (χ4v) is 8.15. The summed E-state index contributed by atoms with van der Waals surface area (Å²) in [5, 5.41) is 7.26. The van der Waals surface area contributed by atoms with E-state index in [1.54, 1.807) is 48.3 Å². The average Bonchev–Trinajstić information content (AvgIpc) is 3.63. The monoisotopic (exact) mass is 600 g/mol. The van der Waals surface area contributed by atoms with Crippen molar-refractivity contribution in [3.63, 3.8) is 0 Å². The van der Waals surface area contributed by atoms with Gasteiger partial charge in [0.2, 0.25) is 15.7 Å². The molecule has 3 aliphatic rings. The highest BCUT2D eigenvalue weighted by Crippen LogP contribution is 2.47. The SMILES string of the molecule is CN1c2cc(C(CC3CCC4(C3)OCCO4)C(=O)Nc3ccn(C)n3)ccc2S(=O)(=O)c2cc(Br)ccc21. The lowest BCUT2D eigenvalue weighted by molar-refractivity contribution is -0.152. The van der Waals surface area contributed by atoms with Crippen LogP contribution in [0.15, 0.2) is 62.9 Å². The third-order valence-electron chi connectivity index (χ3n) is 7.81. The number of amides is 1. The number of nitrogens with one attached hydrogen (secondary N) is 1. The lowest BCUT2D eigenvalue weighted by Gasteiger charge is -2.31. The molecule has 9 nitrogen and oxygen atoms in total. The number of anilines is 3. The van der Waals surface area contributed by atoms with E-state index in [2.05, 4.69) is 26.3 Å². The molecule has 2 aliphatic heterocycles. The van der Waals surface area contributed by atoms with Gasteiger partial charge >= 0.3 is 0 Å². The number of rotatable bonds is 5. The Morgan fingerprint density at radius 3 is 2.66 bits per heavy atom. The van der Waals surface area contributed by atoms with E-state index in [0.717, 1.165) is 24.8 Å². The Kier molecular flexibility index (Phi) is 6.37. The molecule has 2 aromatic carbocycles. The van der Waals surface area contributed by atoms with Crippen LogP contribution >= 0.6 is 15.9 Å². The zero-order valence-electron chi connectivity index (χ0n) is 21.2. The topological polar surface area (TPSA) is 103 Å². The Morgan fingerprint density at radius 2 is 1.92 bits per heavy atom. The van der Waals surface area contributed by atoms with Crippen LogP contribution in [0.2, 0.25) is 0 Å². The van der Waals surface area contributed by atoms with Gasteiger partial charge in [0.1, 0.15) is 0 Å². The summed E-state index contributed by atoms with van der Waals surface area (Å²) >= 11 is 3.39. The third-order valence-corrected chi connectivity index (χ3v) is 10.1. The van der Waals surface area contributed by atoms with Crippen molar-refractivity contribution in [3.05, 3.63) is 58.7 Å². The number of aryl methyl sites for hydroxylation is 1. The molecule has 3 heterocycles. The van der Waals surface area contributed by atoms with Gasteiger partial charge in [0, 0.05) is 43.7 Å². The number of ether oxygens (including phenoxy) is 2. The van der Waals surface area contributed by atoms with E-state index in [4.69, 9.17) is 9.47 Å². The summed E-state index contributed by atoms with van der Waals surface area (Å²) in [6, 6.07) is 12.2. The van der Waals surface area contributed by atoms with Gasteiger partial charge in [0.05, 0.1) is 40.3 Å². The fourth-order valence-electron chi connectivity index (χ4n) is 5.92. The normalized spacial score (nSPS) is 21.8. The zero-order chi connectivity index (χ0) is 26.7. The van der Waals surface area contributed by atoms with E-state index < -0.39 is 21.5 Å². The standard InChI is InChI=1S/C27H29BrN4O5S/c1-31-10-8-25(30-31)29-26(33)20(13-17-7-9-27(16-17)36-11-12-37-27)18-3-6-23-22(14-18)32(2)21-5-4-19(28)15-24(21)38(23,34)35/h3-6,8,10,14-15,17,20H,7,9,11-13,16H2,1-2H3,(H,29,30,33). The third kappa shape index (κ3) is 4.45. The largest absolute Gasteiger partial charge is 0.348 e. The molecule has 6 rings (SSSR count). The van der Waals surface area contributed by atoms with Gasteiger partial charge in [-0.2, -0.15) is 5.10 Å². The molecule has 2 unspecified atom stereocenters. The van der Waals surface area contributed by atoms with Crippen LogP contribution < -0.4 is 10.2 Å². The van der Waals surface area contributed by atoms with E-state index >= 15 is 0 Å². The van der Waals surface area contributed by atoms with Gasteiger partial charge in [-0.1, -0.05) is 22.0 Å². The first-order valence-electron chi connectivity index (χ1n) is 12.7. The summed E-state index contributed by atoms with van der Waals surface area (Å²) < 4.78 is 41.2. The van der Waals surface area contributed by atoms with E-state index in [1.165, 1.54) is 0 Å². The van der Waals surface area contributed by atoms with Crippen molar-refractivity contribution in [2.24, 2.45) is 13.0 Å². The van der Waals surface area contributed by atoms with Crippen molar-refractivity contribution in [1.29, 1.82) is 0 Å². The Labute approximate surface area is 230 Å². The highest BCUT2D eigenvalue weighted by molar-refractivity contribution is 9.10. The van der Waals surface area contributed by atoms with E-state index in [-0.39, 0.29) is 21.6 Å². The molecule has 1 amide bonds. The fraction of sp³-hybridized carbons (Fsp3) is 0.407. The van der Waals surface area contributed by atoms with Crippen LogP contribution in [0.25, 0.3) is 0 Å². The number of fused-ring (bicyclic) bond motifs is 2. The van der Waals surface area contributed by atoms with Gasteiger partial charge in [-0.3, -0.25) is 9.48 Å². The van der Waals surface area contributed by atoms with E-state index in [0.29, 0.717) is 41.3 Å². The predicted molar refractivity (Wildman–Crippen MR) is 145 cm³/mol. The molecule has 200 valence electrons. The Bertz CT molecular complexity index is 1520. The summed E-state index contributed by atoms with van der Waals surface area (Å²) in [6.45, 7) is 1.19. The molecule has 11 heteroatoms. The van der Waals surface area contributed by atoms with Crippen molar-refractivity contribution in [2.45, 2.75) is 47.2 Å². The number of benzene rings is 2. The molecule has 38 heavy (non-hydrogen) atoms. The summed E-state index contributed by atoms with van der Waals surface area (Å²) in [5.74, 6) is -0.516. The lowest BCUT2D eigenvalue weighted by atomic mass is 9.86. The highest BCUT2D eigenvalue weighted by Gasteiger charge is 2.45. The highest BCUT2D eigenvalue weighted by atomic mass is 79.9. The number of carbonyl (C=O) groups excluding carboxylic acids is 1. The predicted octanol–water partition coefficient (Wildman–Crippen LogP) is 4.75. The molecule has 1 aliphatic carbocycles. The molecule has 1 saturated heterocycles. The second-order valence-electron chi connectivity index (χ2n) is 10.3. The maximum atomic E-state index is 13.7. The van der Waals surface area contributed by atoms with Crippen molar-refractivity contribution >= 4 is 48.9 Å². The molecule has 2 fully saturated rings. The molecule has 1 aromatic heterocycles. The average molecular weight is 602 g/mol. The van der Waals surface area contributed by atoms with Gasteiger partial charge < -0.3 is 19.7 Å². The first kappa shape index (κ1) is 25.5. The maximum absolute atomic E-state index is 13.7. The van der Waals surface area contributed by atoms with Crippen LogP contribution in [0.4, 0.5) is 17.2 Å². The molecule has 1 N–H and O–H groups in total. The first-order valence-corrected chi connectivity index (χ1v) is 14.9. The van der Waals surface area contributed by atoms with Crippen LogP contribution in [0.3, 0.4) is 0 Å². The summed E-state index contributed by atoms with van der Waals surface area (Å²) in [4.78, 5) is 16.0. The van der Waals surface area contributed by atoms with Gasteiger partial charge in [-0.25, -0.2) is 8.42 Å². The zero-order valence-corrected chi connectivity index (χ0v) is 23.6. The van der Waals surface area contributed by atoms with Crippen molar-refractivity contribution < 1.29 is 22.7 Å². The minimum absolute atomic E-state index is 0.177. The molecule has 0 radical (unpaired) electrons. The van der Waals surface area contributed by atoms with Crippen molar-refractivity contribution in [2.75, 3.05) is 30.5 Å². The number of halogens is 1. The summed E-state index contributed by atoms with van der Waals surface area (Å²) in [5.41, 5.74) is 1.91. The number of sulfone groups is 1. The van der Waals surface area contributed by atoms with E-state index in [9.17, 15) is 13.2 Å². The molecular weight excluding hydrogens is 572 g/mol. The quantitative estimate of drug-likeness (QED) is 0.450. The molecule has 2 atom stereocenters. The molecular formula is C27H29BrN4O5S. The summed E-state index contributed by atoms with van der Waals surface area (Å²) in [6.07, 6.45) is 4.81. The van der Waals surface area contributed by atoms with Gasteiger partial charge in [0.25, 0.3) is 0 Å². The minimum Gasteiger partial charge on any atom is -0.348 e.